The number of nitrogens with one attached hydrogen (secondary N) is 1. The third-order valence-corrected chi connectivity index (χ3v) is 5.39. The summed E-state index contributed by atoms with van der Waals surface area (Å²) in [6.45, 7) is 3.05. The Labute approximate surface area is 157 Å². The van der Waals surface area contributed by atoms with E-state index in [1.807, 2.05) is 18.2 Å². The van der Waals surface area contributed by atoms with Crippen LogP contribution in [0, 0.1) is 3.57 Å². The Morgan fingerprint density at radius 2 is 1.95 bits per heavy atom. The molecule has 0 aliphatic carbocycles. The Morgan fingerprint density at radius 3 is 2.67 bits per heavy atom. The summed E-state index contributed by atoms with van der Waals surface area (Å²) in [7, 11) is 0. The Balaban J connectivity index is 2.52. The highest BCUT2D eigenvalue weighted by Crippen LogP contribution is 2.36. The molecule has 0 saturated heterocycles. The van der Waals surface area contributed by atoms with Crippen molar-refractivity contribution in [3.63, 3.8) is 0 Å². The Bertz CT molecular complexity index is 632. The van der Waals surface area contributed by atoms with E-state index >= 15 is 0 Å². The molecule has 0 amide bonds. The monoisotopic (exact) mass is 497 g/mol. The van der Waals surface area contributed by atoms with Crippen LogP contribution in [0.15, 0.2) is 40.9 Å². The van der Waals surface area contributed by atoms with Gasteiger partial charge in [0.15, 0.2) is 0 Å². The fraction of sp³-hybridized carbons (Fsp3) is 0.250. The quantitative estimate of drug-likeness (QED) is 0.467. The SMILES string of the molecule is CCCNC(c1cc(I)ccc1Br)c1cccc(Cl)c1Cl. The zero-order chi connectivity index (χ0) is 15.4. The van der Waals surface area contributed by atoms with Gasteiger partial charge in [-0.25, -0.2) is 0 Å². The minimum absolute atomic E-state index is 0.0141. The average Bonchev–Trinajstić information content (AvgIpc) is 2.47. The van der Waals surface area contributed by atoms with Crippen molar-refractivity contribution in [2.24, 2.45) is 0 Å². The van der Waals surface area contributed by atoms with Gasteiger partial charge in [-0.1, -0.05) is 58.2 Å². The van der Waals surface area contributed by atoms with Crippen molar-refractivity contribution in [3.05, 3.63) is 65.6 Å². The van der Waals surface area contributed by atoms with Gasteiger partial charge in [0.25, 0.3) is 0 Å². The number of hydrogen-bond donors (Lipinski definition) is 1. The first kappa shape index (κ1) is 17.5. The van der Waals surface area contributed by atoms with Crippen LogP contribution in [-0.4, -0.2) is 6.54 Å². The van der Waals surface area contributed by atoms with E-state index in [1.165, 1.54) is 9.13 Å². The second kappa shape index (κ2) is 8.16. The van der Waals surface area contributed by atoms with Gasteiger partial charge in [-0.2, -0.15) is 0 Å². The summed E-state index contributed by atoms with van der Waals surface area (Å²) in [5.41, 5.74) is 2.17. The summed E-state index contributed by atoms with van der Waals surface area (Å²) >= 11 is 18.6. The van der Waals surface area contributed by atoms with Crippen LogP contribution >= 0.6 is 61.7 Å². The largest absolute Gasteiger partial charge is 0.306 e. The Morgan fingerprint density at radius 1 is 1.19 bits per heavy atom. The second-order valence-electron chi connectivity index (χ2n) is 4.70. The summed E-state index contributed by atoms with van der Waals surface area (Å²) < 4.78 is 2.25. The summed E-state index contributed by atoms with van der Waals surface area (Å²) in [5.74, 6) is 0. The van der Waals surface area contributed by atoms with Gasteiger partial charge in [-0.15, -0.1) is 0 Å². The maximum absolute atomic E-state index is 6.42. The van der Waals surface area contributed by atoms with E-state index in [2.05, 4.69) is 69.0 Å². The normalized spacial score (nSPS) is 12.4. The maximum Gasteiger partial charge on any atom is 0.0643 e. The van der Waals surface area contributed by atoms with Crippen LogP contribution in [-0.2, 0) is 0 Å². The van der Waals surface area contributed by atoms with Gasteiger partial charge in [0, 0.05) is 8.04 Å². The number of halogens is 4. The molecule has 21 heavy (non-hydrogen) atoms. The molecule has 0 saturated carbocycles. The lowest BCUT2D eigenvalue weighted by Gasteiger charge is -2.22. The predicted molar refractivity (Wildman–Crippen MR) is 103 cm³/mol. The molecular weight excluding hydrogens is 484 g/mol. The molecule has 0 bridgehead atoms. The van der Waals surface area contributed by atoms with E-state index in [0.717, 1.165) is 23.0 Å². The van der Waals surface area contributed by atoms with Gasteiger partial charge in [-0.05, 0) is 70.9 Å². The average molecular weight is 499 g/mol. The fourth-order valence-corrected chi connectivity index (χ4v) is 3.56. The molecule has 0 aromatic heterocycles. The van der Waals surface area contributed by atoms with Gasteiger partial charge >= 0.3 is 0 Å². The maximum atomic E-state index is 6.42. The van der Waals surface area contributed by atoms with Crippen molar-refractivity contribution in [2.75, 3.05) is 6.54 Å². The Kier molecular flexibility index (Phi) is 6.81. The third-order valence-electron chi connectivity index (χ3n) is 3.16. The van der Waals surface area contributed by atoms with Crippen molar-refractivity contribution in [3.8, 4) is 0 Å². The molecule has 5 heteroatoms. The molecule has 0 radical (unpaired) electrons. The molecule has 2 aromatic carbocycles. The van der Waals surface area contributed by atoms with Crippen molar-refractivity contribution in [1.29, 1.82) is 0 Å². The summed E-state index contributed by atoms with van der Waals surface area (Å²) in [6.07, 6.45) is 1.05. The zero-order valence-electron chi connectivity index (χ0n) is 11.5. The van der Waals surface area contributed by atoms with Crippen LogP contribution in [0.5, 0.6) is 0 Å². The van der Waals surface area contributed by atoms with E-state index in [1.54, 1.807) is 0 Å². The third kappa shape index (κ3) is 4.35. The molecule has 2 rings (SSSR count). The van der Waals surface area contributed by atoms with E-state index < -0.39 is 0 Å². The minimum Gasteiger partial charge on any atom is -0.306 e. The van der Waals surface area contributed by atoms with Crippen molar-refractivity contribution in [2.45, 2.75) is 19.4 Å². The zero-order valence-corrected chi connectivity index (χ0v) is 16.7. The van der Waals surface area contributed by atoms with Gasteiger partial charge in [-0.3, -0.25) is 0 Å². The molecule has 0 fully saturated rings. The first-order valence-electron chi connectivity index (χ1n) is 6.66. The summed E-state index contributed by atoms with van der Waals surface area (Å²) in [5, 5.41) is 4.75. The first-order valence-corrected chi connectivity index (χ1v) is 9.29. The molecule has 0 aliphatic rings. The summed E-state index contributed by atoms with van der Waals surface area (Å²) in [4.78, 5) is 0. The van der Waals surface area contributed by atoms with Crippen molar-refractivity contribution in [1.82, 2.24) is 5.32 Å². The lowest BCUT2D eigenvalue weighted by Crippen LogP contribution is -2.24. The van der Waals surface area contributed by atoms with Crippen molar-refractivity contribution < 1.29 is 0 Å². The highest BCUT2D eigenvalue weighted by atomic mass is 127. The molecule has 2 aromatic rings. The molecule has 0 aliphatic heterocycles. The highest BCUT2D eigenvalue weighted by molar-refractivity contribution is 14.1. The number of hydrogen-bond acceptors (Lipinski definition) is 1. The standard InChI is InChI=1S/C16H15BrCl2IN/c1-2-8-21-16(11-4-3-5-14(18)15(11)19)12-9-10(20)6-7-13(12)17/h3-7,9,16,21H,2,8H2,1H3. The smallest absolute Gasteiger partial charge is 0.0643 e. The summed E-state index contributed by atoms with van der Waals surface area (Å²) in [6, 6.07) is 12.1. The van der Waals surface area contributed by atoms with Crippen molar-refractivity contribution >= 4 is 61.7 Å². The van der Waals surface area contributed by atoms with Gasteiger partial charge in [0.2, 0.25) is 0 Å². The molecule has 1 N–H and O–H groups in total. The Hall–Kier alpha value is 0.190. The van der Waals surface area contributed by atoms with Gasteiger partial charge < -0.3 is 5.32 Å². The van der Waals surface area contributed by atoms with E-state index in [0.29, 0.717) is 10.0 Å². The highest BCUT2D eigenvalue weighted by Gasteiger charge is 2.20. The topological polar surface area (TPSA) is 12.0 Å². The van der Waals surface area contributed by atoms with Crippen LogP contribution in [0.1, 0.15) is 30.5 Å². The lowest BCUT2D eigenvalue weighted by molar-refractivity contribution is 0.597. The molecule has 1 nitrogen and oxygen atoms in total. The van der Waals surface area contributed by atoms with E-state index in [4.69, 9.17) is 23.2 Å². The molecular formula is C16H15BrCl2IN. The fourth-order valence-electron chi connectivity index (χ4n) is 2.16. The molecule has 1 unspecified atom stereocenters. The number of rotatable bonds is 5. The lowest BCUT2D eigenvalue weighted by atomic mass is 9.98. The minimum atomic E-state index is 0.0141. The van der Waals surface area contributed by atoms with Crippen LogP contribution in [0.4, 0.5) is 0 Å². The molecule has 1 atom stereocenters. The van der Waals surface area contributed by atoms with Crippen LogP contribution < -0.4 is 5.32 Å². The molecule has 112 valence electrons. The van der Waals surface area contributed by atoms with E-state index in [-0.39, 0.29) is 6.04 Å². The van der Waals surface area contributed by atoms with Crippen LogP contribution in [0.2, 0.25) is 10.0 Å². The predicted octanol–water partition coefficient (Wildman–Crippen LogP) is 6.45. The van der Waals surface area contributed by atoms with Gasteiger partial charge in [0.05, 0.1) is 16.1 Å². The second-order valence-corrected chi connectivity index (χ2v) is 7.58. The number of benzene rings is 2. The molecule has 0 heterocycles. The van der Waals surface area contributed by atoms with Crippen LogP contribution in [0.3, 0.4) is 0 Å². The molecule has 0 spiro atoms. The van der Waals surface area contributed by atoms with E-state index in [9.17, 15) is 0 Å². The van der Waals surface area contributed by atoms with Crippen LogP contribution in [0.25, 0.3) is 0 Å². The van der Waals surface area contributed by atoms with Gasteiger partial charge in [0.1, 0.15) is 0 Å². The first-order chi connectivity index (χ1) is 10.0.